The lowest BCUT2D eigenvalue weighted by atomic mass is 9.98. The van der Waals surface area contributed by atoms with Crippen LogP contribution in [0.5, 0.6) is 0 Å². The number of rotatable bonds is 19. The number of carboxylic acids is 1. The number of carbonyl (C=O) groups is 5. The molecule has 0 aromatic heterocycles. The van der Waals surface area contributed by atoms with E-state index in [0.717, 1.165) is 70.2 Å². The Bertz CT molecular complexity index is 3900. The normalized spacial score (nSPS) is 10.9. The number of aliphatic hydroxyl groups excluding tert-OH is 1. The average Bonchev–Trinajstić information content (AvgIpc) is 3.62. The van der Waals surface area contributed by atoms with E-state index in [1.165, 1.54) is 41.3 Å². The number of carboxylic acid groups (broad SMARTS) is 1. The summed E-state index contributed by atoms with van der Waals surface area (Å²) in [6, 6.07) is 39.2. The topological polar surface area (TPSA) is 213 Å². The van der Waals surface area contributed by atoms with Crippen LogP contribution in [-0.4, -0.2) is 78.5 Å². The molecule has 4 amide bonds. The van der Waals surface area contributed by atoms with Crippen molar-refractivity contribution in [3.05, 3.63) is 224 Å². The molecule has 8 aromatic rings. The van der Waals surface area contributed by atoms with Gasteiger partial charge in [-0.25, -0.2) is 9.18 Å². The molecule has 1 atom stereocenters. The van der Waals surface area contributed by atoms with Crippen molar-refractivity contribution >= 4 is 205 Å². The molecule has 0 fully saturated rings. The van der Waals surface area contributed by atoms with Crippen molar-refractivity contribution in [2.24, 2.45) is 0 Å². The van der Waals surface area contributed by atoms with E-state index in [4.69, 9.17) is 28.3 Å². The molecule has 8 rings (SSSR count). The van der Waals surface area contributed by atoms with Crippen LogP contribution in [0, 0.1) is 47.8 Å². The van der Waals surface area contributed by atoms with Gasteiger partial charge in [0.05, 0.1) is 51.6 Å². The van der Waals surface area contributed by atoms with Gasteiger partial charge >= 0.3 is 5.97 Å². The van der Waals surface area contributed by atoms with E-state index in [0.29, 0.717) is 39.8 Å². The maximum absolute atomic E-state index is 13.8. The Labute approximate surface area is 584 Å². The van der Waals surface area contributed by atoms with E-state index in [1.807, 2.05) is 113 Å². The van der Waals surface area contributed by atoms with Gasteiger partial charge in [-0.05, 0) is 286 Å². The Morgan fingerprint density at radius 3 is 1.44 bits per heavy atom. The van der Waals surface area contributed by atoms with Gasteiger partial charge in [-0.1, -0.05) is 46.1 Å². The predicted molar refractivity (Wildman–Crippen MR) is 390 cm³/mol. The molecule has 0 radical (unpaired) electrons. The Morgan fingerprint density at radius 2 is 0.966 bits per heavy atom. The van der Waals surface area contributed by atoms with Crippen molar-refractivity contribution < 1.29 is 38.6 Å². The largest absolute Gasteiger partial charge is 0.479 e. The quantitative estimate of drug-likeness (QED) is 0.0347. The number of halogens is 8. The zero-order chi connectivity index (χ0) is 64.5. The van der Waals surface area contributed by atoms with Crippen LogP contribution in [0.4, 0.5) is 49.9 Å². The number of nitrogens with one attached hydrogen (secondary N) is 7. The molecular formula is C65H62BrCl2FI4N8O7. The first-order chi connectivity index (χ1) is 41.8. The lowest BCUT2D eigenvalue weighted by Gasteiger charge is -2.24. The Balaban J connectivity index is 0.000000235. The standard InChI is InChI=1S/C32H28Cl2I2N4O4.C17H18FIN2O.C16H16BrIN2O2/c1-16-11-20(35)6-9-25(16)37-27-8-5-18(33)13-22(27)30(41)39-29(32(43)44)23-14-19(34)15-24(31(42)40(3)4)28(23)38-26-10-7-21(36)12-17(26)2;1-3-8-20-17(22)14-6-4-12(18)10-16(14)21-15-7-5-13(19)9-11(15)2;1-10-8-12(18)3-5-14(10)20-15-4-2-11(17)9-13(15)16(22)19-6-7-21/h5-15,29,37-38H,1-4H3,(H,39,41)(H,43,44);4-7,9-10,21H,3,8H2,1-2H3,(H,20,22);2-5,8-9,20-21H,6-7H2,1H3,(H,19,22). The molecule has 88 heavy (non-hydrogen) atoms. The molecule has 460 valence electrons. The van der Waals surface area contributed by atoms with Gasteiger partial charge in [0.15, 0.2) is 6.04 Å². The second-order valence-electron chi connectivity index (χ2n) is 20.0. The second kappa shape index (κ2) is 33.8. The Morgan fingerprint density at radius 1 is 0.523 bits per heavy atom. The predicted octanol–water partition coefficient (Wildman–Crippen LogP) is 17.0. The first-order valence-electron chi connectivity index (χ1n) is 27.0. The average molecular weight is 1740 g/mol. The third-order valence-electron chi connectivity index (χ3n) is 13.0. The molecule has 0 aliphatic rings. The van der Waals surface area contributed by atoms with E-state index in [2.05, 4.69) is 150 Å². The minimum atomic E-state index is -1.59. The van der Waals surface area contributed by atoms with Crippen LogP contribution in [-0.2, 0) is 4.79 Å². The highest BCUT2D eigenvalue weighted by molar-refractivity contribution is 14.1. The van der Waals surface area contributed by atoms with Crippen molar-refractivity contribution in [2.45, 2.75) is 47.1 Å². The van der Waals surface area contributed by atoms with Crippen LogP contribution >= 0.6 is 129 Å². The molecule has 1 unspecified atom stereocenters. The lowest BCUT2D eigenvalue weighted by molar-refractivity contribution is -0.139. The molecule has 0 aliphatic heterocycles. The first kappa shape index (κ1) is 71.3. The van der Waals surface area contributed by atoms with Crippen molar-refractivity contribution in [3.8, 4) is 0 Å². The van der Waals surface area contributed by atoms with Crippen LogP contribution in [0.3, 0.4) is 0 Å². The van der Waals surface area contributed by atoms with Crippen molar-refractivity contribution in [1.82, 2.24) is 20.9 Å². The molecule has 0 saturated heterocycles. The summed E-state index contributed by atoms with van der Waals surface area (Å²) in [5.74, 6) is -3.24. The molecule has 8 aromatic carbocycles. The van der Waals surface area contributed by atoms with Gasteiger partial charge in [-0.2, -0.15) is 0 Å². The minimum absolute atomic E-state index is 0.0846. The second-order valence-corrected chi connectivity index (χ2v) is 26.8. The molecule has 23 heteroatoms. The summed E-state index contributed by atoms with van der Waals surface area (Å²) in [7, 11) is 3.17. The third-order valence-corrected chi connectivity index (χ3v) is 16.7. The number of aliphatic hydroxyl groups is 1. The van der Waals surface area contributed by atoms with Crippen molar-refractivity contribution in [3.63, 3.8) is 0 Å². The maximum Gasteiger partial charge on any atom is 0.331 e. The number of carbonyl (C=O) groups excluding carboxylic acids is 4. The summed E-state index contributed by atoms with van der Waals surface area (Å²) in [6.07, 6.45) is 0.853. The number of anilines is 8. The summed E-state index contributed by atoms with van der Waals surface area (Å²) >= 11 is 25.0. The van der Waals surface area contributed by atoms with Crippen LogP contribution in [0.2, 0.25) is 10.0 Å². The fraction of sp³-hybridized carbons (Fsp3) is 0.185. The van der Waals surface area contributed by atoms with E-state index < -0.39 is 23.8 Å². The lowest BCUT2D eigenvalue weighted by Crippen LogP contribution is -2.35. The monoisotopic (exact) mass is 1740 g/mol. The number of aliphatic carboxylic acids is 1. The van der Waals surface area contributed by atoms with Crippen LogP contribution in [0.25, 0.3) is 0 Å². The van der Waals surface area contributed by atoms with Crippen LogP contribution in [0.15, 0.2) is 144 Å². The number of nitrogens with zero attached hydrogens (tertiary/aromatic N) is 1. The maximum atomic E-state index is 13.8. The highest BCUT2D eigenvalue weighted by Gasteiger charge is 2.31. The third kappa shape index (κ3) is 20.3. The fourth-order valence-electron chi connectivity index (χ4n) is 8.57. The zero-order valence-electron chi connectivity index (χ0n) is 48.6. The smallest absolute Gasteiger partial charge is 0.331 e. The van der Waals surface area contributed by atoms with E-state index >= 15 is 0 Å². The summed E-state index contributed by atoms with van der Waals surface area (Å²) in [6.45, 7) is 10.6. The van der Waals surface area contributed by atoms with Crippen LogP contribution < -0.4 is 37.2 Å². The summed E-state index contributed by atoms with van der Waals surface area (Å²) in [5.41, 5.74) is 10.4. The molecular weight excluding hydrogens is 1680 g/mol. The van der Waals surface area contributed by atoms with Gasteiger partial charge in [0.1, 0.15) is 5.82 Å². The Hall–Kier alpha value is -5.82. The summed E-state index contributed by atoms with van der Waals surface area (Å²) < 4.78 is 18.7. The SMILES string of the molecule is CCCNC(=O)c1ccc(F)cc1Nc1ccc(I)cc1C.Cc1cc(I)ccc1Nc1ccc(Br)cc1C(=O)NCCO.Cc1cc(I)ccc1Nc1ccc(Cl)cc1C(=O)NC(C(=O)O)c1cc(Cl)cc(C(=O)N(C)C)c1Nc1ccc(I)cc1C. The zero-order valence-corrected chi connectivity index (χ0v) is 60.3. The molecule has 9 N–H and O–H groups in total. The Kier molecular flexibility index (Phi) is 27.4. The molecule has 0 spiro atoms. The minimum Gasteiger partial charge on any atom is -0.479 e. The first-order valence-corrected chi connectivity index (χ1v) is 32.9. The molecule has 15 nitrogen and oxygen atoms in total. The molecule has 0 aliphatic carbocycles. The number of amides is 4. The van der Waals surface area contributed by atoms with Gasteiger partial charge < -0.3 is 52.3 Å². The van der Waals surface area contributed by atoms with Crippen molar-refractivity contribution in [1.29, 1.82) is 0 Å². The fourth-order valence-corrected chi connectivity index (χ4v) is 11.9. The number of hydrogen-bond donors (Lipinski definition) is 9. The number of aryl methyl sites for hydroxylation is 4. The highest BCUT2D eigenvalue weighted by Crippen LogP contribution is 2.37. The highest BCUT2D eigenvalue weighted by atomic mass is 127. The number of hydrogen-bond acceptors (Lipinski definition) is 10. The van der Waals surface area contributed by atoms with E-state index in [9.17, 15) is 33.5 Å². The molecule has 0 bridgehead atoms. The van der Waals surface area contributed by atoms with Crippen molar-refractivity contribution in [2.75, 3.05) is 55.1 Å². The summed E-state index contributed by atoms with van der Waals surface area (Å²) in [5, 5.41) is 40.8. The number of benzene rings is 8. The van der Waals surface area contributed by atoms with Crippen LogP contribution in [0.1, 0.15) is 88.6 Å². The van der Waals surface area contributed by atoms with E-state index in [1.54, 1.807) is 32.3 Å². The van der Waals surface area contributed by atoms with Gasteiger partial charge in [-0.3, -0.25) is 19.2 Å². The van der Waals surface area contributed by atoms with Gasteiger partial charge in [0.2, 0.25) is 0 Å². The summed E-state index contributed by atoms with van der Waals surface area (Å²) in [4.78, 5) is 65.7. The molecule has 0 saturated carbocycles. The van der Waals surface area contributed by atoms with Gasteiger partial charge in [-0.15, -0.1) is 0 Å². The molecule has 0 heterocycles. The van der Waals surface area contributed by atoms with Gasteiger partial charge in [0, 0.05) is 84.3 Å². The van der Waals surface area contributed by atoms with E-state index in [-0.39, 0.29) is 58.2 Å². The van der Waals surface area contributed by atoms with Gasteiger partial charge in [0.25, 0.3) is 23.6 Å².